The highest BCUT2D eigenvalue weighted by molar-refractivity contribution is 7.22. The fraction of sp³-hybridized carbons (Fsp3) is 0.0857. The molecule has 0 amide bonds. The quantitative estimate of drug-likeness (QED) is 0.156. The van der Waals surface area contributed by atoms with E-state index in [1.54, 1.807) is 29.6 Å². The van der Waals surface area contributed by atoms with Crippen LogP contribution in [0.1, 0.15) is 34.6 Å². The Morgan fingerprint density at radius 1 is 0.600 bits per heavy atom. The van der Waals surface area contributed by atoms with Gasteiger partial charge < -0.3 is 4.74 Å². The van der Waals surface area contributed by atoms with Crippen LogP contribution in [-0.2, 0) is 4.74 Å². The topological polar surface area (TPSA) is 43.4 Å². The minimum atomic E-state index is -0.386. The number of ketones is 1. The standard InChI is InChI=1S/C35H24O3S2/c1-3-38-35(37)30-19-28(33-16-25-12-21-8-4-6-10-23(21)14-31(25)39-33)27(20(2)36)18-29(30)34-17-26-13-22-9-5-7-11-24(22)15-32(26)40-34/h4-19H,3H2,1-2H3. The Bertz CT molecular complexity index is 2030. The van der Waals surface area contributed by atoms with Gasteiger partial charge in [0.2, 0.25) is 0 Å². The van der Waals surface area contributed by atoms with Gasteiger partial charge in [-0.2, -0.15) is 0 Å². The highest BCUT2D eigenvalue weighted by Crippen LogP contribution is 2.43. The number of hydrogen-bond acceptors (Lipinski definition) is 5. The van der Waals surface area contributed by atoms with Crippen LogP contribution in [0.2, 0.25) is 0 Å². The van der Waals surface area contributed by atoms with Gasteiger partial charge in [0.25, 0.3) is 0 Å². The summed E-state index contributed by atoms with van der Waals surface area (Å²) in [5, 5.41) is 6.92. The number of rotatable bonds is 5. The number of carbonyl (C=O) groups excluding carboxylic acids is 2. The van der Waals surface area contributed by atoms with Crippen molar-refractivity contribution in [1.82, 2.24) is 0 Å². The van der Waals surface area contributed by atoms with Crippen LogP contribution >= 0.6 is 22.7 Å². The van der Waals surface area contributed by atoms with Crippen LogP contribution in [-0.4, -0.2) is 18.4 Å². The van der Waals surface area contributed by atoms with Crippen LogP contribution in [0.15, 0.2) is 97.1 Å². The molecule has 0 unspecified atom stereocenters. The molecule has 0 N–H and O–H groups in total. The van der Waals surface area contributed by atoms with Gasteiger partial charge >= 0.3 is 5.97 Å². The van der Waals surface area contributed by atoms with Crippen molar-refractivity contribution in [1.29, 1.82) is 0 Å². The van der Waals surface area contributed by atoms with Crippen molar-refractivity contribution in [2.75, 3.05) is 6.61 Å². The molecule has 0 atom stereocenters. The predicted octanol–water partition coefficient (Wildman–Crippen LogP) is 10.1. The summed E-state index contributed by atoms with van der Waals surface area (Å²) in [5.74, 6) is -0.426. The van der Waals surface area contributed by atoms with Crippen LogP contribution in [0, 0.1) is 0 Å². The summed E-state index contributed by atoms with van der Waals surface area (Å²) in [6.45, 7) is 3.67. The Kier molecular flexibility index (Phi) is 5.99. The number of esters is 1. The zero-order valence-electron chi connectivity index (χ0n) is 22.0. The average Bonchev–Trinajstić information content (AvgIpc) is 3.57. The maximum absolute atomic E-state index is 13.3. The first-order valence-electron chi connectivity index (χ1n) is 13.2. The first-order valence-corrected chi connectivity index (χ1v) is 14.8. The Labute approximate surface area is 239 Å². The second-order valence-electron chi connectivity index (χ2n) is 9.92. The van der Waals surface area contributed by atoms with Crippen LogP contribution in [0.4, 0.5) is 0 Å². The van der Waals surface area contributed by atoms with Crippen molar-refractivity contribution >= 4 is 76.1 Å². The van der Waals surface area contributed by atoms with Gasteiger partial charge in [-0.25, -0.2) is 4.79 Å². The second-order valence-corrected chi connectivity index (χ2v) is 12.1. The largest absolute Gasteiger partial charge is 0.462 e. The van der Waals surface area contributed by atoms with E-state index in [4.69, 9.17) is 4.74 Å². The number of ether oxygens (including phenoxy) is 1. The zero-order chi connectivity index (χ0) is 27.4. The van der Waals surface area contributed by atoms with Crippen molar-refractivity contribution in [3.8, 4) is 20.9 Å². The molecular formula is C35H24O3S2. The lowest BCUT2D eigenvalue weighted by atomic mass is 9.94. The second kappa shape index (κ2) is 9.70. The normalized spacial score (nSPS) is 11.6. The van der Waals surface area contributed by atoms with Crippen molar-refractivity contribution in [2.24, 2.45) is 0 Å². The molecule has 7 aromatic rings. The lowest BCUT2D eigenvalue weighted by Gasteiger charge is -2.13. The van der Waals surface area contributed by atoms with E-state index in [9.17, 15) is 9.59 Å². The summed E-state index contributed by atoms with van der Waals surface area (Å²) in [4.78, 5) is 28.3. The summed E-state index contributed by atoms with van der Waals surface area (Å²) >= 11 is 3.26. The first kappa shape index (κ1) is 24.7. The van der Waals surface area contributed by atoms with Gasteiger partial charge in [0, 0.05) is 35.8 Å². The smallest absolute Gasteiger partial charge is 0.338 e. The van der Waals surface area contributed by atoms with Crippen molar-refractivity contribution in [3.05, 3.63) is 108 Å². The molecule has 0 aliphatic rings. The van der Waals surface area contributed by atoms with E-state index in [0.29, 0.717) is 11.1 Å². The van der Waals surface area contributed by atoms with E-state index in [1.807, 2.05) is 43.3 Å². The number of benzene rings is 5. The predicted molar refractivity (Wildman–Crippen MR) is 169 cm³/mol. The summed E-state index contributed by atoms with van der Waals surface area (Å²) in [7, 11) is 0. The highest BCUT2D eigenvalue weighted by Gasteiger charge is 2.23. The molecule has 0 aliphatic heterocycles. The Morgan fingerprint density at radius 2 is 1.05 bits per heavy atom. The van der Waals surface area contributed by atoms with E-state index < -0.39 is 0 Å². The minimum absolute atomic E-state index is 0.0406. The zero-order valence-corrected chi connectivity index (χ0v) is 23.6. The summed E-state index contributed by atoms with van der Waals surface area (Å²) < 4.78 is 7.79. The lowest BCUT2D eigenvalue weighted by molar-refractivity contribution is 0.0527. The molecule has 40 heavy (non-hydrogen) atoms. The number of fused-ring (bicyclic) bond motifs is 4. The summed E-state index contributed by atoms with van der Waals surface area (Å²) in [6.07, 6.45) is 0. The van der Waals surface area contributed by atoms with Gasteiger partial charge in [0.1, 0.15) is 0 Å². The number of hydrogen-bond donors (Lipinski definition) is 0. The van der Waals surface area contributed by atoms with Crippen molar-refractivity contribution in [2.45, 2.75) is 13.8 Å². The molecule has 0 fully saturated rings. The van der Waals surface area contributed by atoms with Gasteiger partial charge in [0.05, 0.1) is 12.2 Å². The molecule has 0 spiro atoms. The monoisotopic (exact) mass is 556 g/mol. The summed E-state index contributed by atoms with van der Waals surface area (Å²) in [5.41, 5.74) is 2.56. The van der Waals surface area contributed by atoms with Gasteiger partial charge in [-0.1, -0.05) is 48.5 Å². The maximum atomic E-state index is 13.3. The first-order chi connectivity index (χ1) is 19.5. The molecule has 0 saturated heterocycles. The Hall–Kier alpha value is -4.32. The molecule has 0 radical (unpaired) electrons. The molecule has 2 heterocycles. The van der Waals surface area contributed by atoms with Crippen LogP contribution in [0.3, 0.4) is 0 Å². The van der Waals surface area contributed by atoms with Gasteiger partial charge in [-0.15, -0.1) is 22.7 Å². The molecule has 7 rings (SSSR count). The summed E-state index contributed by atoms with van der Waals surface area (Å²) in [6, 6.07) is 33.3. The van der Waals surface area contributed by atoms with Gasteiger partial charge in [-0.05, 0) is 94.7 Å². The molecule has 0 saturated carbocycles. The van der Waals surface area contributed by atoms with Crippen molar-refractivity contribution < 1.29 is 14.3 Å². The molecular weight excluding hydrogens is 533 g/mol. The average molecular weight is 557 g/mol. The van der Waals surface area contributed by atoms with Crippen LogP contribution < -0.4 is 0 Å². The minimum Gasteiger partial charge on any atom is -0.462 e. The molecule has 2 aromatic heterocycles. The van der Waals surface area contributed by atoms with Crippen molar-refractivity contribution in [3.63, 3.8) is 0 Å². The van der Waals surface area contributed by atoms with E-state index in [1.165, 1.54) is 21.5 Å². The Morgan fingerprint density at radius 3 is 1.52 bits per heavy atom. The van der Waals surface area contributed by atoms with Gasteiger partial charge in [-0.3, -0.25) is 4.79 Å². The third-order valence-corrected chi connectivity index (χ3v) is 9.59. The van der Waals surface area contributed by atoms with Gasteiger partial charge in [0.15, 0.2) is 5.78 Å². The number of thiophene rings is 2. The van der Waals surface area contributed by atoms with E-state index in [-0.39, 0.29) is 18.4 Å². The maximum Gasteiger partial charge on any atom is 0.338 e. The third-order valence-electron chi connectivity index (χ3n) is 7.33. The Balaban J connectivity index is 1.45. The van der Waals surface area contributed by atoms with E-state index >= 15 is 0 Å². The number of carbonyl (C=O) groups is 2. The number of Topliss-reactive ketones (excluding diaryl/α,β-unsaturated/α-hetero) is 1. The fourth-order valence-electron chi connectivity index (χ4n) is 5.40. The molecule has 5 heteroatoms. The fourth-order valence-corrected chi connectivity index (χ4v) is 7.64. The molecule has 0 bridgehead atoms. The SMILES string of the molecule is CCOC(=O)c1cc(-c2cc3cc4ccccc4cc3s2)c(C(C)=O)cc1-c1cc2cc3ccccc3cc2s1. The lowest BCUT2D eigenvalue weighted by Crippen LogP contribution is -2.08. The van der Waals surface area contributed by atoms with Crippen LogP contribution in [0.5, 0.6) is 0 Å². The highest BCUT2D eigenvalue weighted by atomic mass is 32.1. The molecule has 0 aliphatic carbocycles. The molecule has 3 nitrogen and oxygen atoms in total. The van der Waals surface area contributed by atoms with E-state index in [2.05, 4.69) is 60.7 Å². The third kappa shape index (κ3) is 4.19. The van der Waals surface area contributed by atoms with Crippen LogP contribution in [0.25, 0.3) is 62.6 Å². The molecule has 5 aromatic carbocycles. The molecule has 194 valence electrons. The van der Waals surface area contributed by atoms with E-state index in [0.717, 1.165) is 41.1 Å².